The second-order valence-corrected chi connectivity index (χ2v) is 7.96. The van der Waals surface area contributed by atoms with Gasteiger partial charge in [-0.25, -0.2) is 13.2 Å². The predicted molar refractivity (Wildman–Crippen MR) is 72.4 cm³/mol. The van der Waals surface area contributed by atoms with Gasteiger partial charge in [0.25, 0.3) is 0 Å². The molecule has 0 radical (unpaired) electrons. The third-order valence-electron chi connectivity index (χ3n) is 2.04. The van der Waals surface area contributed by atoms with Crippen LogP contribution in [0.5, 0.6) is 0 Å². The van der Waals surface area contributed by atoms with E-state index in [-0.39, 0.29) is 12.3 Å². The molecule has 0 aliphatic heterocycles. The number of halogens is 1. The maximum Gasteiger partial charge on any atom is 0.410 e. The van der Waals surface area contributed by atoms with Gasteiger partial charge in [0.1, 0.15) is 5.60 Å². The number of nitrogens with zero attached hydrogens (tertiary/aromatic N) is 1. The molecule has 0 bridgehead atoms. The van der Waals surface area contributed by atoms with E-state index in [1.165, 1.54) is 4.90 Å². The largest absolute Gasteiger partial charge is 0.444 e. The zero-order valence-corrected chi connectivity index (χ0v) is 13.0. The van der Waals surface area contributed by atoms with Gasteiger partial charge in [0.15, 0.2) is 0 Å². The number of carbonyl (C=O) groups is 1. The average Bonchev–Trinajstić information content (AvgIpc) is 2.13. The molecule has 0 spiro atoms. The summed E-state index contributed by atoms with van der Waals surface area (Å²) < 4.78 is 27.0. The van der Waals surface area contributed by atoms with E-state index in [2.05, 4.69) is 0 Å². The third kappa shape index (κ3) is 9.53. The highest BCUT2D eigenvalue weighted by Crippen LogP contribution is 2.11. The highest BCUT2D eigenvalue weighted by molar-refractivity contribution is 8.13. The number of ether oxygens (including phenoxy) is 1. The third-order valence-corrected chi connectivity index (χ3v) is 3.17. The SMILES string of the molecule is CCCCN(CCS(=O)(=O)Cl)C(=O)OC(C)(C)C. The van der Waals surface area contributed by atoms with E-state index in [0.29, 0.717) is 6.54 Å². The van der Waals surface area contributed by atoms with Crippen LogP contribution < -0.4 is 0 Å². The fraction of sp³-hybridized carbons (Fsp3) is 0.909. The molecule has 0 fully saturated rings. The topological polar surface area (TPSA) is 63.7 Å². The Balaban J connectivity index is 4.52. The van der Waals surface area contributed by atoms with Gasteiger partial charge in [-0.05, 0) is 27.2 Å². The minimum absolute atomic E-state index is 0.0563. The summed E-state index contributed by atoms with van der Waals surface area (Å²) in [6, 6.07) is 0. The molecule has 0 aromatic heterocycles. The Bertz CT molecular complexity index is 362. The fourth-order valence-electron chi connectivity index (χ4n) is 1.19. The molecule has 1 amide bonds. The Morgan fingerprint density at radius 1 is 1.28 bits per heavy atom. The molecule has 5 nitrogen and oxygen atoms in total. The van der Waals surface area contributed by atoms with Crippen molar-refractivity contribution in [1.82, 2.24) is 4.90 Å². The highest BCUT2D eigenvalue weighted by Gasteiger charge is 2.22. The minimum atomic E-state index is -3.60. The smallest absolute Gasteiger partial charge is 0.410 e. The molecule has 0 rings (SSSR count). The van der Waals surface area contributed by atoms with Gasteiger partial charge in [0.2, 0.25) is 9.05 Å². The van der Waals surface area contributed by atoms with Gasteiger partial charge in [-0.2, -0.15) is 0 Å². The molecule has 0 aromatic carbocycles. The number of carbonyl (C=O) groups excluding carboxylic acids is 1. The van der Waals surface area contributed by atoms with Gasteiger partial charge in [-0.15, -0.1) is 0 Å². The monoisotopic (exact) mass is 299 g/mol. The van der Waals surface area contributed by atoms with Gasteiger partial charge >= 0.3 is 6.09 Å². The van der Waals surface area contributed by atoms with Crippen molar-refractivity contribution >= 4 is 25.8 Å². The Labute approximate surface area is 114 Å². The van der Waals surface area contributed by atoms with E-state index >= 15 is 0 Å². The number of rotatable bonds is 6. The van der Waals surface area contributed by atoms with E-state index < -0.39 is 20.7 Å². The molecule has 0 unspecified atom stereocenters. The van der Waals surface area contributed by atoms with E-state index in [1.54, 1.807) is 20.8 Å². The van der Waals surface area contributed by atoms with Crippen LogP contribution in [0.4, 0.5) is 4.79 Å². The molecule has 108 valence electrons. The lowest BCUT2D eigenvalue weighted by Gasteiger charge is -2.27. The van der Waals surface area contributed by atoms with Crippen molar-refractivity contribution in [3.63, 3.8) is 0 Å². The zero-order valence-electron chi connectivity index (χ0n) is 11.4. The van der Waals surface area contributed by atoms with Crippen molar-refractivity contribution in [2.75, 3.05) is 18.8 Å². The van der Waals surface area contributed by atoms with Gasteiger partial charge in [0, 0.05) is 23.8 Å². The summed E-state index contributed by atoms with van der Waals surface area (Å²) in [4.78, 5) is 13.2. The first-order valence-electron chi connectivity index (χ1n) is 5.95. The normalized spacial score (nSPS) is 12.3. The molecule has 7 heteroatoms. The average molecular weight is 300 g/mol. The standard InChI is InChI=1S/C11H22ClNO4S/c1-5-6-7-13(8-9-18(12,15)16)10(14)17-11(2,3)4/h5-9H2,1-4H3. The van der Waals surface area contributed by atoms with Crippen molar-refractivity contribution in [2.24, 2.45) is 0 Å². The van der Waals surface area contributed by atoms with E-state index in [4.69, 9.17) is 15.4 Å². The van der Waals surface area contributed by atoms with Gasteiger partial charge in [-0.3, -0.25) is 0 Å². The second kappa shape index (κ2) is 7.19. The maximum atomic E-state index is 11.8. The number of hydrogen-bond donors (Lipinski definition) is 0. The lowest BCUT2D eigenvalue weighted by molar-refractivity contribution is 0.0259. The van der Waals surface area contributed by atoms with E-state index in [9.17, 15) is 13.2 Å². The van der Waals surface area contributed by atoms with Crippen molar-refractivity contribution in [3.05, 3.63) is 0 Å². The number of unbranched alkanes of at least 4 members (excludes halogenated alkanes) is 1. The van der Waals surface area contributed by atoms with Crippen LogP contribution >= 0.6 is 10.7 Å². The van der Waals surface area contributed by atoms with Crippen LogP contribution in [0, 0.1) is 0 Å². The molecule has 0 aliphatic carbocycles. The summed E-state index contributed by atoms with van der Waals surface area (Å²) in [5.74, 6) is -0.266. The molecule has 18 heavy (non-hydrogen) atoms. The highest BCUT2D eigenvalue weighted by atomic mass is 35.7. The number of hydrogen-bond acceptors (Lipinski definition) is 4. The van der Waals surface area contributed by atoms with Crippen LogP contribution in [0.1, 0.15) is 40.5 Å². The summed E-state index contributed by atoms with van der Waals surface area (Å²) >= 11 is 0. The van der Waals surface area contributed by atoms with E-state index in [0.717, 1.165) is 12.8 Å². The van der Waals surface area contributed by atoms with Gasteiger partial charge in [-0.1, -0.05) is 13.3 Å². The summed E-state index contributed by atoms with van der Waals surface area (Å²) in [5.41, 5.74) is -0.596. The fourth-order valence-corrected chi connectivity index (χ4v) is 1.83. The first-order valence-corrected chi connectivity index (χ1v) is 8.43. The molecule has 0 heterocycles. The molecular weight excluding hydrogens is 278 g/mol. The Morgan fingerprint density at radius 2 is 1.83 bits per heavy atom. The molecule has 0 saturated carbocycles. The van der Waals surface area contributed by atoms with E-state index in [1.807, 2.05) is 6.92 Å². The molecule has 0 aliphatic rings. The first kappa shape index (κ1) is 17.5. The first-order chi connectivity index (χ1) is 8.05. The van der Waals surface area contributed by atoms with Crippen LogP contribution in [0.15, 0.2) is 0 Å². The minimum Gasteiger partial charge on any atom is -0.444 e. The molecule has 0 saturated heterocycles. The summed E-state index contributed by atoms with van der Waals surface area (Å²) in [5, 5.41) is 0. The van der Waals surface area contributed by atoms with Crippen molar-refractivity contribution in [2.45, 2.75) is 46.1 Å². The quantitative estimate of drug-likeness (QED) is 0.707. The van der Waals surface area contributed by atoms with Crippen LogP contribution in [0.2, 0.25) is 0 Å². The van der Waals surface area contributed by atoms with Crippen LogP contribution in [0.3, 0.4) is 0 Å². The Morgan fingerprint density at radius 3 is 2.22 bits per heavy atom. The molecule has 0 atom stereocenters. The van der Waals surface area contributed by atoms with Crippen molar-refractivity contribution < 1.29 is 17.9 Å². The molecular formula is C11H22ClNO4S. The van der Waals surface area contributed by atoms with Gasteiger partial charge < -0.3 is 9.64 Å². The van der Waals surface area contributed by atoms with Gasteiger partial charge in [0.05, 0.1) is 5.75 Å². The lowest BCUT2D eigenvalue weighted by atomic mass is 10.2. The van der Waals surface area contributed by atoms with Crippen molar-refractivity contribution in [1.29, 1.82) is 0 Å². The van der Waals surface area contributed by atoms with Crippen LogP contribution in [-0.4, -0.2) is 43.9 Å². The maximum absolute atomic E-state index is 11.8. The lowest BCUT2D eigenvalue weighted by Crippen LogP contribution is -2.39. The Hall–Kier alpha value is -0.490. The Kier molecular flexibility index (Phi) is 6.99. The summed E-state index contributed by atoms with van der Waals surface area (Å²) in [6.45, 7) is 7.81. The zero-order chi connectivity index (χ0) is 14.4. The molecule has 0 N–H and O–H groups in total. The van der Waals surface area contributed by atoms with Crippen LogP contribution in [-0.2, 0) is 13.8 Å². The molecule has 0 aromatic rings. The predicted octanol–water partition coefficient (Wildman–Crippen LogP) is 2.59. The van der Waals surface area contributed by atoms with Crippen molar-refractivity contribution in [3.8, 4) is 0 Å². The summed E-state index contributed by atoms with van der Waals surface area (Å²) in [7, 11) is 1.54. The second-order valence-electron chi connectivity index (χ2n) is 5.06. The summed E-state index contributed by atoms with van der Waals surface area (Å²) in [6.07, 6.45) is 1.20. The number of amides is 1. The van der Waals surface area contributed by atoms with Crippen LogP contribution in [0.25, 0.3) is 0 Å².